The number of ether oxygens (including phenoxy) is 1. The Morgan fingerprint density at radius 2 is 1.94 bits per heavy atom. The van der Waals surface area contributed by atoms with Crippen molar-refractivity contribution in [2.45, 2.75) is 25.6 Å². The van der Waals surface area contributed by atoms with E-state index in [4.69, 9.17) is 9.84 Å². The molecule has 0 radical (unpaired) electrons. The number of benzene rings is 1. The van der Waals surface area contributed by atoms with Crippen LogP contribution in [0.3, 0.4) is 0 Å². The quantitative estimate of drug-likeness (QED) is 0.772. The molecule has 0 saturated heterocycles. The lowest BCUT2D eigenvalue weighted by Gasteiger charge is -2.05. The third-order valence-electron chi connectivity index (χ3n) is 2.11. The molecular formula is C12H13FO4. The largest absolute Gasteiger partial charge is 0.479 e. The van der Waals surface area contributed by atoms with Gasteiger partial charge in [0, 0.05) is 6.42 Å². The Bertz CT molecular complexity index is 377. The van der Waals surface area contributed by atoms with Crippen LogP contribution in [-0.4, -0.2) is 23.2 Å². The van der Waals surface area contributed by atoms with Crippen molar-refractivity contribution in [1.29, 1.82) is 0 Å². The zero-order valence-corrected chi connectivity index (χ0v) is 9.14. The highest BCUT2D eigenvalue weighted by molar-refractivity contribution is 5.74. The molecule has 1 rings (SSSR count). The van der Waals surface area contributed by atoms with Crippen LogP contribution < -0.4 is 0 Å². The minimum Gasteiger partial charge on any atom is -0.479 e. The standard InChI is InChI=1S/C12H13FO4/c13-10(12(15)16)6-7-11(14)17-8-9-4-2-1-3-5-9/h1-5,10H,6-8H2,(H,15,16). The average Bonchev–Trinajstić information content (AvgIpc) is 2.34. The Morgan fingerprint density at radius 3 is 2.53 bits per heavy atom. The van der Waals surface area contributed by atoms with E-state index in [9.17, 15) is 14.0 Å². The van der Waals surface area contributed by atoms with Crippen molar-refractivity contribution in [3.63, 3.8) is 0 Å². The number of hydrogen-bond acceptors (Lipinski definition) is 3. The summed E-state index contributed by atoms with van der Waals surface area (Å²) >= 11 is 0. The van der Waals surface area contributed by atoms with Crippen LogP contribution in [0.5, 0.6) is 0 Å². The molecule has 0 aliphatic heterocycles. The monoisotopic (exact) mass is 240 g/mol. The van der Waals surface area contributed by atoms with E-state index in [1.165, 1.54) is 0 Å². The summed E-state index contributed by atoms with van der Waals surface area (Å²) < 4.78 is 17.5. The van der Waals surface area contributed by atoms with Gasteiger partial charge in [-0.05, 0) is 12.0 Å². The van der Waals surface area contributed by atoms with Crippen molar-refractivity contribution in [1.82, 2.24) is 0 Å². The predicted octanol–water partition coefficient (Wildman–Crippen LogP) is 1.93. The lowest BCUT2D eigenvalue weighted by atomic mass is 10.2. The lowest BCUT2D eigenvalue weighted by molar-refractivity contribution is -0.147. The number of alkyl halides is 1. The van der Waals surface area contributed by atoms with Gasteiger partial charge in [0.1, 0.15) is 6.61 Å². The zero-order chi connectivity index (χ0) is 12.7. The van der Waals surface area contributed by atoms with Gasteiger partial charge in [-0.2, -0.15) is 0 Å². The molecule has 0 amide bonds. The molecule has 4 nitrogen and oxygen atoms in total. The summed E-state index contributed by atoms with van der Waals surface area (Å²) in [5.74, 6) is -2.15. The van der Waals surface area contributed by atoms with E-state index in [-0.39, 0.29) is 19.4 Å². The van der Waals surface area contributed by atoms with Crippen LogP contribution in [0.15, 0.2) is 30.3 Å². The van der Waals surface area contributed by atoms with Crippen LogP contribution >= 0.6 is 0 Å². The normalized spacial score (nSPS) is 11.8. The third-order valence-corrected chi connectivity index (χ3v) is 2.11. The van der Waals surface area contributed by atoms with Crippen molar-refractivity contribution in [3.8, 4) is 0 Å². The van der Waals surface area contributed by atoms with Crippen LogP contribution in [0.4, 0.5) is 4.39 Å². The second-order valence-electron chi connectivity index (χ2n) is 3.49. The number of carbonyl (C=O) groups excluding carboxylic acids is 1. The SMILES string of the molecule is O=C(CCC(F)C(=O)O)OCc1ccccc1. The third kappa shape index (κ3) is 5.10. The molecule has 1 N–H and O–H groups in total. The maximum atomic E-state index is 12.6. The molecule has 1 aromatic carbocycles. The van der Waals surface area contributed by atoms with Gasteiger partial charge in [0.15, 0.2) is 6.17 Å². The Kier molecular flexibility index (Phi) is 5.13. The molecule has 0 aliphatic rings. The summed E-state index contributed by atoms with van der Waals surface area (Å²) in [6, 6.07) is 9.05. The Balaban J connectivity index is 2.24. The zero-order valence-electron chi connectivity index (χ0n) is 9.14. The van der Waals surface area contributed by atoms with Gasteiger partial charge in [0.2, 0.25) is 0 Å². The fourth-order valence-electron chi connectivity index (χ4n) is 1.18. The van der Waals surface area contributed by atoms with Crippen LogP contribution in [0.1, 0.15) is 18.4 Å². The fraction of sp³-hybridized carbons (Fsp3) is 0.333. The molecule has 0 aliphatic carbocycles. The maximum absolute atomic E-state index is 12.6. The van der Waals surface area contributed by atoms with E-state index >= 15 is 0 Å². The van der Waals surface area contributed by atoms with Crippen LogP contribution in [0.2, 0.25) is 0 Å². The summed E-state index contributed by atoms with van der Waals surface area (Å²) in [5, 5.41) is 8.28. The van der Waals surface area contributed by atoms with Gasteiger partial charge in [-0.1, -0.05) is 30.3 Å². The number of carbonyl (C=O) groups is 2. The highest BCUT2D eigenvalue weighted by Gasteiger charge is 2.17. The molecule has 92 valence electrons. The first-order valence-electron chi connectivity index (χ1n) is 5.16. The smallest absolute Gasteiger partial charge is 0.338 e. The summed E-state index contributed by atoms with van der Waals surface area (Å²) in [6.07, 6.45) is -2.61. The predicted molar refractivity (Wildman–Crippen MR) is 58.0 cm³/mol. The first-order valence-corrected chi connectivity index (χ1v) is 5.16. The van der Waals surface area contributed by atoms with E-state index in [2.05, 4.69) is 0 Å². The number of carboxylic acid groups (broad SMARTS) is 1. The Labute approximate surface area is 98.0 Å². The van der Waals surface area contributed by atoms with Gasteiger partial charge < -0.3 is 9.84 Å². The number of carboxylic acids is 1. The molecule has 5 heteroatoms. The van der Waals surface area contributed by atoms with Gasteiger partial charge in [0.25, 0.3) is 0 Å². The minimum absolute atomic E-state index is 0.115. The van der Waals surface area contributed by atoms with E-state index < -0.39 is 18.1 Å². The molecule has 1 aromatic rings. The first kappa shape index (κ1) is 13.2. The molecule has 0 fully saturated rings. The van der Waals surface area contributed by atoms with Crippen LogP contribution in [0, 0.1) is 0 Å². The Hall–Kier alpha value is -1.91. The van der Waals surface area contributed by atoms with E-state index in [1.807, 2.05) is 18.2 Å². The number of rotatable bonds is 6. The van der Waals surface area contributed by atoms with Crippen molar-refractivity contribution in [2.24, 2.45) is 0 Å². The van der Waals surface area contributed by atoms with Gasteiger partial charge in [-0.15, -0.1) is 0 Å². The molecule has 1 atom stereocenters. The number of halogens is 1. The lowest BCUT2D eigenvalue weighted by Crippen LogP contribution is -2.16. The average molecular weight is 240 g/mol. The van der Waals surface area contributed by atoms with E-state index in [1.54, 1.807) is 12.1 Å². The van der Waals surface area contributed by atoms with Gasteiger partial charge in [-0.25, -0.2) is 9.18 Å². The highest BCUT2D eigenvalue weighted by atomic mass is 19.1. The molecule has 0 aromatic heterocycles. The fourth-order valence-corrected chi connectivity index (χ4v) is 1.18. The molecular weight excluding hydrogens is 227 g/mol. The van der Waals surface area contributed by atoms with Gasteiger partial charge in [-0.3, -0.25) is 4.79 Å². The van der Waals surface area contributed by atoms with E-state index in [0.717, 1.165) is 5.56 Å². The number of aliphatic carboxylic acids is 1. The topological polar surface area (TPSA) is 63.6 Å². The molecule has 0 heterocycles. The Morgan fingerprint density at radius 1 is 1.29 bits per heavy atom. The van der Waals surface area contributed by atoms with Crippen molar-refractivity contribution in [3.05, 3.63) is 35.9 Å². The molecule has 0 spiro atoms. The van der Waals surface area contributed by atoms with Crippen molar-refractivity contribution >= 4 is 11.9 Å². The second-order valence-corrected chi connectivity index (χ2v) is 3.49. The molecule has 0 bridgehead atoms. The van der Waals surface area contributed by atoms with Crippen LogP contribution in [0.25, 0.3) is 0 Å². The summed E-state index contributed by atoms with van der Waals surface area (Å²) in [7, 11) is 0. The van der Waals surface area contributed by atoms with Gasteiger partial charge >= 0.3 is 11.9 Å². The molecule has 17 heavy (non-hydrogen) atoms. The molecule has 0 saturated carbocycles. The van der Waals surface area contributed by atoms with Gasteiger partial charge in [0.05, 0.1) is 0 Å². The van der Waals surface area contributed by atoms with Crippen molar-refractivity contribution < 1.29 is 23.8 Å². The summed E-state index contributed by atoms with van der Waals surface area (Å²) in [5.41, 5.74) is 0.830. The number of esters is 1. The van der Waals surface area contributed by atoms with Crippen LogP contribution in [-0.2, 0) is 20.9 Å². The summed E-state index contributed by atoms with van der Waals surface area (Å²) in [4.78, 5) is 21.3. The van der Waals surface area contributed by atoms with Crippen molar-refractivity contribution in [2.75, 3.05) is 0 Å². The molecule has 1 unspecified atom stereocenters. The highest BCUT2D eigenvalue weighted by Crippen LogP contribution is 2.06. The maximum Gasteiger partial charge on any atom is 0.338 e. The minimum atomic E-state index is -2.01. The van der Waals surface area contributed by atoms with E-state index in [0.29, 0.717) is 0 Å². The first-order chi connectivity index (χ1) is 8.09. The second kappa shape index (κ2) is 6.62. The number of hydrogen-bond donors (Lipinski definition) is 1. The summed E-state index contributed by atoms with van der Waals surface area (Å²) in [6.45, 7) is 0.115.